The summed E-state index contributed by atoms with van der Waals surface area (Å²) in [6, 6.07) is 9.99. The van der Waals surface area contributed by atoms with Crippen LogP contribution in [-0.4, -0.2) is 18.5 Å². The average Bonchev–Trinajstić information content (AvgIpc) is 2.81. The third-order valence-corrected chi connectivity index (χ3v) is 2.69. The van der Waals surface area contributed by atoms with Gasteiger partial charge in [0.1, 0.15) is 0 Å². The molecule has 1 amide bonds. The first-order valence-electron chi connectivity index (χ1n) is 5.41. The number of hydrogen-bond acceptors (Lipinski definition) is 2. The highest BCUT2D eigenvalue weighted by Crippen LogP contribution is 2.05. The first-order chi connectivity index (χ1) is 7.36. The smallest absolute Gasteiger partial charge is 0.237 e. The maximum atomic E-state index is 11.6. The minimum Gasteiger partial charge on any atom is -0.351 e. The Labute approximate surface area is 89.9 Å². The fourth-order valence-electron chi connectivity index (χ4n) is 1.82. The third-order valence-electron chi connectivity index (χ3n) is 2.69. The normalized spacial score (nSPS) is 20.1. The predicted molar refractivity (Wildman–Crippen MR) is 59.3 cm³/mol. The highest BCUT2D eigenvalue weighted by Gasteiger charge is 2.21. The number of benzene rings is 1. The van der Waals surface area contributed by atoms with Crippen molar-refractivity contribution in [1.82, 2.24) is 10.6 Å². The van der Waals surface area contributed by atoms with Crippen molar-refractivity contribution in [1.29, 1.82) is 0 Å². The molecule has 0 aromatic heterocycles. The lowest BCUT2D eigenvalue weighted by Crippen LogP contribution is -2.39. The highest BCUT2D eigenvalue weighted by molar-refractivity contribution is 5.81. The van der Waals surface area contributed by atoms with Crippen LogP contribution in [0.4, 0.5) is 0 Å². The highest BCUT2D eigenvalue weighted by atomic mass is 16.2. The largest absolute Gasteiger partial charge is 0.351 e. The topological polar surface area (TPSA) is 41.1 Å². The number of carbonyl (C=O) groups is 1. The Morgan fingerprint density at radius 3 is 2.87 bits per heavy atom. The molecule has 1 aliphatic heterocycles. The molecule has 0 radical (unpaired) electrons. The molecule has 1 aromatic carbocycles. The molecule has 2 N–H and O–H groups in total. The van der Waals surface area contributed by atoms with Gasteiger partial charge in [0, 0.05) is 6.54 Å². The Bertz CT molecular complexity index is 318. The van der Waals surface area contributed by atoms with Gasteiger partial charge in [-0.3, -0.25) is 4.79 Å². The molecule has 1 atom stereocenters. The zero-order valence-corrected chi connectivity index (χ0v) is 8.70. The fraction of sp³-hybridized carbons (Fsp3) is 0.417. The quantitative estimate of drug-likeness (QED) is 0.773. The monoisotopic (exact) mass is 204 g/mol. The van der Waals surface area contributed by atoms with E-state index in [0.29, 0.717) is 6.54 Å². The van der Waals surface area contributed by atoms with Crippen LogP contribution in [0.25, 0.3) is 0 Å². The summed E-state index contributed by atoms with van der Waals surface area (Å²) in [5.41, 5.74) is 1.14. The minimum absolute atomic E-state index is 0.0220. The second-order valence-corrected chi connectivity index (χ2v) is 3.85. The summed E-state index contributed by atoms with van der Waals surface area (Å²) in [5, 5.41) is 6.12. The predicted octanol–water partition coefficient (Wildman–Crippen LogP) is 1.05. The summed E-state index contributed by atoms with van der Waals surface area (Å²) < 4.78 is 0. The van der Waals surface area contributed by atoms with Crippen molar-refractivity contribution in [2.75, 3.05) is 6.54 Å². The van der Waals surface area contributed by atoms with E-state index in [0.717, 1.165) is 24.9 Å². The van der Waals surface area contributed by atoms with E-state index >= 15 is 0 Å². The molecule has 3 heteroatoms. The Hall–Kier alpha value is -1.35. The Kier molecular flexibility index (Phi) is 3.35. The first-order valence-corrected chi connectivity index (χ1v) is 5.41. The summed E-state index contributed by atoms with van der Waals surface area (Å²) >= 11 is 0. The molecule has 1 saturated heterocycles. The molecular weight excluding hydrogens is 188 g/mol. The van der Waals surface area contributed by atoms with Crippen molar-refractivity contribution in [3.05, 3.63) is 35.9 Å². The van der Waals surface area contributed by atoms with Crippen LogP contribution in [0.2, 0.25) is 0 Å². The van der Waals surface area contributed by atoms with Gasteiger partial charge in [-0.05, 0) is 24.9 Å². The maximum absolute atomic E-state index is 11.6. The van der Waals surface area contributed by atoms with Crippen LogP contribution in [0.15, 0.2) is 30.3 Å². The Morgan fingerprint density at radius 1 is 1.40 bits per heavy atom. The van der Waals surface area contributed by atoms with Crippen molar-refractivity contribution in [2.45, 2.75) is 25.4 Å². The maximum Gasteiger partial charge on any atom is 0.237 e. The zero-order valence-electron chi connectivity index (χ0n) is 8.70. The standard InChI is InChI=1S/C12H16N2O/c15-12(11-7-4-8-13-11)14-9-10-5-2-1-3-6-10/h1-3,5-6,11,13H,4,7-9H2,(H,14,15)/t11-/m1/s1. The zero-order chi connectivity index (χ0) is 10.5. The van der Waals surface area contributed by atoms with Crippen molar-refractivity contribution in [2.24, 2.45) is 0 Å². The molecule has 0 aliphatic carbocycles. The van der Waals surface area contributed by atoms with Crippen molar-refractivity contribution >= 4 is 5.91 Å². The molecule has 0 unspecified atom stereocenters. The molecule has 0 saturated carbocycles. The number of carbonyl (C=O) groups excluding carboxylic acids is 1. The van der Waals surface area contributed by atoms with E-state index in [4.69, 9.17) is 0 Å². The molecule has 3 nitrogen and oxygen atoms in total. The van der Waals surface area contributed by atoms with E-state index in [1.165, 1.54) is 0 Å². The van der Waals surface area contributed by atoms with E-state index in [9.17, 15) is 4.79 Å². The Morgan fingerprint density at radius 2 is 2.20 bits per heavy atom. The molecule has 2 rings (SSSR count). The van der Waals surface area contributed by atoms with Gasteiger partial charge >= 0.3 is 0 Å². The second kappa shape index (κ2) is 4.94. The van der Waals surface area contributed by atoms with Crippen molar-refractivity contribution in [3.63, 3.8) is 0 Å². The van der Waals surface area contributed by atoms with E-state index in [1.807, 2.05) is 30.3 Å². The molecule has 1 heterocycles. The van der Waals surface area contributed by atoms with Crippen LogP contribution < -0.4 is 10.6 Å². The van der Waals surface area contributed by atoms with Crippen LogP contribution in [0.5, 0.6) is 0 Å². The molecule has 1 aliphatic rings. The average molecular weight is 204 g/mol. The fourth-order valence-corrected chi connectivity index (χ4v) is 1.82. The van der Waals surface area contributed by atoms with E-state index in [-0.39, 0.29) is 11.9 Å². The molecule has 0 bridgehead atoms. The van der Waals surface area contributed by atoms with Crippen molar-refractivity contribution in [3.8, 4) is 0 Å². The third kappa shape index (κ3) is 2.80. The van der Waals surface area contributed by atoms with Gasteiger partial charge in [0.2, 0.25) is 5.91 Å². The van der Waals surface area contributed by atoms with Crippen LogP contribution in [0.3, 0.4) is 0 Å². The Balaban J connectivity index is 1.80. The molecule has 15 heavy (non-hydrogen) atoms. The number of amides is 1. The molecule has 1 aromatic rings. The second-order valence-electron chi connectivity index (χ2n) is 3.85. The molecule has 1 fully saturated rings. The molecule has 0 spiro atoms. The van der Waals surface area contributed by atoms with E-state index in [2.05, 4.69) is 10.6 Å². The number of rotatable bonds is 3. The summed E-state index contributed by atoms with van der Waals surface area (Å²) in [6.07, 6.45) is 2.06. The van der Waals surface area contributed by atoms with Gasteiger partial charge in [-0.2, -0.15) is 0 Å². The van der Waals surface area contributed by atoms with Gasteiger partial charge in [0.25, 0.3) is 0 Å². The summed E-state index contributed by atoms with van der Waals surface area (Å²) in [4.78, 5) is 11.6. The summed E-state index contributed by atoms with van der Waals surface area (Å²) in [5.74, 6) is 0.122. The molecule has 80 valence electrons. The molecular formula is C12H16N2O. The van der Waals surface area contributed by atoms with Crippen LogP contribution in [0, 0.1) is 0 Å². The van der Waals surface area contributed by atoms with E-state index in [1.54, 1.807) is 0 Å². The summed E-state index contributed by atoms with van der Waals surface area (Å²) in [6.45, 7) is 1.58. The first kappa shape index (κ1) is 10.2. The van der Waals surface area contributed by atoms with Gasteiger partial charge in [0.15, 0.2) is 0 Å². The van der Waals surface area contributed by atoms with Gasteiger partial charge in [-0.25, -0.2) is 0 Å². The number of nitrogens with one attached hydrogen (secondary N) is 2. The van der Waals surface area contributed by atoms with Crippen LogP contribution >= 0.6 is 0 Å². The minimum atomic E-state index is 0.0220. The number of hydrogen-bond donors (Lipinski definition) is 2. The van der Waals surface area contributed by atoms with E-state index < -0.39 is 0 Å². The van der Waals surface area contributed by atoms with Gasteiger partial charge in [-0.15, -0.1) is 0 Å². The SMILES string of the molecule is O=C(NCc1ccccc1)[C@H]1CCCN1. The van der Waals surface area contributed by atoms with Crippen LogP contribution in [-0.2, 0) is 11.3 Å². The van der Waals surface area contributed by atoms with Crippen molar-refractivity contribution < 1.29 is 4.79 Å². The van der Waals surface area contributed by atoms with Gasteiger partial charge in [-0.1, -0.05) is 30.3 Å². The van der Waals surface area contributed by atoms with Crippen LogP contribution in [0.1, 0.15) is 18.4 Å². The summed E-state index contributed by atoms with van der Waals surface area (Å²) in [7, 11) is 0. The lowest BCUT2D eigenvalue weighted by molar-refractivity contribution is -0.122. The van der Waals surface area contributed by atoms with Gasteiger partial charge < -0.3 is 10.6 Å². The lowest BCUT2D eigenvalue weighted by Gasteiger charge is -2.10. The van der Waals surface area contributed by atoms with Gasteiger partial charge in [0.05, 0.1) is 6.04 Å². The lowest BCUT2D eigenvalue weighted by atomic mass is 10.2.